The molecule has 0 fully saturated rings. The van der Waals surface area contributed by atoms with Crippen molar-refractivity contribution in [1.29, 1.82) is 0 Å². The number of anilines is 2. The molecule has 0 spiro atoms. The van der Waals surface area contributed by atoms with Gasteiger partial charge in [-0.15, -0.1) is 11.3 Å². The molecule has 2 heterocycles. The Kier molecular flexibility index (Phi) is 4.47. The van der Waals surface area contributed by atoms with Crippen LogP contribution in [-0.2, 0) is 0 Å². The SMILES string of the molecule is COc1ccc(NC(=O)c2sc3nc(C)cc(C)c3c2N)c([N+](=O)[O-])c1. The Bertz CT molecular complexity index is 1040. The van der Waals surface area contributed by atoms with Gasteiger partial charge < -0.3 is 15.8 Å². The van der Waals surface area contributed by atoms with E-state index in [1.54, 1.807) is 0 Å². The lowest BCUT2D eigenvalue weighted by Gasteiger charge is -2.07. The number of aromatic nitrogens is 1. The van der Waals surface area contributed by atoms with Gasteiger partial charge in [0.25, 0.3) is 11.6 Å². The normalized spacial score (nSPS) is 10.7. The zero-order chi connectivity index (χ0) is 19.0. The minimum absolute atomic E-state index is 0.0681. The molecule has 2 aromatic heterocycles. The number of nitrogens with two attached hydrogens (primary N) is 1. The number of methoxy groups -OCH3 is 1. The van der Waals surface area contributed by atoms with Crippen molar-refractivity contribution in [1.82, 2.24) is 4.98 Å². The molecule has 0 unspecified atom stereocenters. The Morgan fingerprint density at radius 3 is 2.73 bits per heavy atom. The summed E-state index contributed by atoms with van der Waals surface area (Å²) in [5.74, 6) is -0.192. The average molecular weight is 372 g/mol. The third-order valence-corrected chi connectivity index (χ3v) is 4.98. The Labute approximate surface area is 152 Å². The lowest BCUT2D eigenvalue weighted by Crippen LogP contribution is -2.13. The van der Waals surface area contributed by atoms with Gasteiger partial charge in [-0.1, -0.05) is 0 Å². The van der Waals surface area contributed by atoms with Crippen LogP contribution < -0.4 is 15.8 Å². The summed E-state index contributed by atoms with van der Waals surface area (Å²) in [7, 11) is 1.41. The van der Waals surface area contributed by atoms with Crippen molar-refractivity contribution in [3.8, 4) is 5.75 Å². The monoisotopic (exact) mass is 372 g/mol. The molecule has 1 amide bonds. The Morgan fingerprint density at radius 1 is 1.35 bits per heavy atom. The summed E-state index contributed by atoms with van der Waals surface area (Å²) >= 11 is 1.16. The summed E-state index contributed by atoms with van der Waals surface area (Å²) in [5.41, 5.74) is 8.03. The smallest absolute Gasteiger partial charge is 0.296 e. The molecular formula is C17H16N4O4S. The minimum Gasteiger partial charge on any atom is -0.496 e. The van der Waals surface area contributed by atoms with E-state index in [0.717, 1.165) is 28.0 Å². The molecule has 1 aromatic carbocycles. The third kappa shape index (κ3) is 3.04. The maximum atomic E-state index is 12.7. The fourth-order valence-electron chi connectivity index (χ4n) is 2.71. The summed E-state index contributed by atoms with van der Waals surface area (Å²) in [4.78, 5) is 28.7. The molecule has 3 rings (SSSR count). The lowest BCUT2D eigenvalue weighted by atomic mass is 10.1. The summed E-state index contributed by atoms with van der Waals surface area (Å²) in [6, 6.07) is 6.10. The van der Waals surface area contributed by atoms with E-state index in [9.17, 15) is 14.9 Å². The van der Waals surface area contributed by atoms with Crippen molar-refractivity contribution >= 4 is 44.5 Å². The van der Waals surface area contributed by atoms with E-state index in [4.69, 9.17) is 10.5 Å². The number of nitrogens with zero attached hydrogens (tertiary/aromatic N) is 2. The molecule has 0 aliphatic carbocycles. The molecule has 0 bridgehead atoms. The van der Waals surface area contributed by atoms with Gasteiger partial charge in [-0.3, -0.25) is 14.9 Å². The first-order valence-electron chi connectivity index (χ1n) is 7.61. The van der Waals surface area contributed by atoms with Gasteiger partial charge in [0.05, 0.1) is 23.8 Å². The van der Waals surface area contributed by atoms with Gasteiger partial charge in [0.2, 0.25) is 0 Å². The highest BCUT2D eigenvalue weighted by molar-refractivity contribution is 7.21. The predicted octanol–water partition coefficient (Wildman–Crippen LogP) is 3.66. The molecule has 9 heteroatoms. The van der Waals surface area contributed by atoms with E-state index in [1.165, 1.54) is 25.3 Å². The number of benzene rings is 1. The van der Waals surface area contributed by atoms with Gasteiger partial charge in [0.1, 0.15) is 21.1 Å². The molecule has 0 atom stereocenters. The maximum absolute atomic E-state index is 12.7. The second-order valence-electron chi connectivity index (χ2n) is 5.70. The molecule has 0 saturated carbocycles. The van der Waals surface area contributed by atoms with Crippen LogP contribution in [0.25, 0.3) is 10.2 Å². The van der Waals surface area contributed by atoms with Crippen LogP contribution in [0.2, 0.25) is 0 Å². The number of nitro benzene ring substituents is 1. The predicted molar refractivity (Wildman–Crippen MR) is 101 cm³/mol. The number of rotatable bonds is 4. The van der Waals surface area contributed by atoms with Gasteiger partial charge in [0.15, 0.2) is 0 Å². The van der Waals surface area contributed by atoms with Crippen molar-refractivity contribution in [2.24, 2.45) is 0 Å². The molecule has 0 radical (unpaired) electrons. The molecule has 3 N–H and O–H groups in total. The topological polar surface area (TPSA) is 120 Å². The fourth-order valence-corrected chi connectivity index (χ4v) is 3.82. The van der Waals surface area contributed by atoms with Crippen LogP contribution in [0.15, 0.2) is 24.3 Å². The minimum atomic E-state index is -0.582. The van der Waals surface area contributed by atoms with Gasteiger partial charge >= 0.3 is 0 Å². The standard InChI is InChI=1S/C17H16N4O4S/c1-8-6-9(2)19-17-13(8)14(18)15(26-17)16(22)20-11-5-4-10(25-3)7-12(11)21(23)24/h4-7H,18H2,1-3H3,(H,20,22). The van der Waals surface area contributed by atoms with Crippen molar-refractivity contribution in [2.75, 3.05) is 18.2 Å². The van der Waals surface area contributed by atoms with Gasteiger partial charge in [-0.25, -0.2) is 4.98 Å². The van der Waals surface area contributed by atoms with Crippen LogP contribution in [0.5, 0.6) is 5.75 Å². The van der Waals surface area contributed by atoms with E-state index in [0.29, 0.717) is 16.3 Å². The number of pyridine rings is 1. The first-order chi connectivity index (χ1) is 12.3. The second kappa shape index (κ2) is 6.60. The van der Waals surface area contributed by atoms with Crippen molar-refractivity contribution < 1.29 is 14.5 Å². The number of fused-ring (bicyclic) bond motifs is 1. The number of hydrogen-bond donors (Lipinski definition) is 2. The summed E-state index contributed by atoms with van der Waals surface area (Å²) in [6.07, 6.45) is 0. The fraction of sp³-hybridized carbons (Fsp3) is 0.176. The van der Waals surface area contributed by atoms with Crippen molar-refractivity contribution in [3.63, 3.8) is 0 Å². The molecule has 0 aliphatic rings. The van der Waals surface area contributed by atoms with Crippen LogP contribution in [0.1, 0.15) is 20.9 Å². The van der Waals surface area contributed by atoms with Crippen LogP contribution in [0, 0.1) is 24.0 Å². The highest BCUT2D eigenvalue weighted by Crippen LogP contribution is 2.36. The number of aryl methyl sites for hydroxylation is 2. The third-order valence-electron chi connectivity index (χ3n) is 3.88. The van der Waals surface area contributed by atoms with Gasteiger partial charge in [-0.2, -0.15) is 0 Å². The largest absolute Gasteiger partial charge is 0.496 e. The number of thiophene rings is 1. The average Bonchev–Trinajstić information content (AvgIpc) is 2.91. The van der Waals surface area contributed by atoms with Gasteiger partial charge in [0, 0.05) is 11.1 Å². The van der Waals surface area contributed by atoms with E-state index in [2.05, 4.69) is 10.3 Å². The van der Waals surface area contributed by atoms with E-state index < -0.39 is 10.8 Å². The molecule has 26 heavy (non-hydrogen) atoms. The highest BCUT2D eigenvalue weighted by atomic mass is 32.1. The lowest BCUT2D eigenvalue weighted by molar-refractivity contribution is -0.384. The molecular weight excluding hydrogens is 356 g/mol. The van der Waals surface area contributed by atoms with Crippen molar-refractivity contribution in [2.45, 2.75) is 13.8 Å². The number of nitrogen functional groups attached to an aromatic ring is 1. The van der Waals surface area contributed by atoms with Gasteiger partial charge in [-0.05, 0) is 37.6 Å². The van der Waals surface area contributed by atoms with E-state index >= 15 is 0 Å². The Morgan fingerprint density at radius 2 is 2.08 bits per heavy atom. The molecule has 0 saturated heterocycles. The van der Waals surface area contributed by atoms with Crippen LogP contribution in [0.4, 0.5) is 17.1 Å². The van der Waals surface area contributed by atoms with E-state index in [1.807, 2.05) is 19.9 Å². The first kappa shape index (κ1) is 17.6. The molecule has 3 aromatic rings. The number of amides is 1. The summed E-state index contributed by atoms with van der Waals surface area (Å²) in [5, 5.41) is 14.6. The number of ether oxygens (including phenoxy) is 1. The summed E-state index contributed by atoms with van der Waals surface area (Å²) < 4.78 is 4.99. The van der Waals surface area contributed by atoms with E-state index in [-0.39, 0.29) is 16.3 Å². The number of hydrogen-bond acceptors (Lipinski definition) is 7. The number of nitro groups is 1. The Hall–Kier alpha value is -3.20. The number of nitrogens with one attached hydrogen (secondary N) is 1. The second-order valence-corrected chi connectivity index (χ2v) is 6.70. The summed E-state index contributed by atoms with van der Waals surface area (Å²) in [6.45, 7) is 3.76. The highest BCUT2D eigenvalue weighted by Gasteiger charge is 2.22. The Balaban J connectivity index is 2.01. The number of carbonyl (C=O) groups excluding carboxylic acids is 1. The molecule has 8 nitrogen and oxygen atoms in total. The number of carbonyl (C=O) groups is 1. The van der Waals surface area contributed by atoms with Crippen LogP contribution in [0.3, 0.4) is 0 Å². The van der Waals surface area contributed by atoms with Crippen LogP contribution in [-0.4, -0.2) is 22.9 Å². The van der Waals surface area contributed by atoms with Crippen LogP contribution >= 0.6 is 11.3 Å². The maximum Gasteiger partial charge on any atom is 0.296 e. The van der Waals surface area contributed by atoms with Crippen molar-refractivity contribution in [3.05, 3.63) is 50.5 Å². The molecule has 0 aliphatic heterocycles. The zero-order valence-corrected chi connectivity index (χ0v) is 15.1. The first-order valence-corrected chi connectivity index (χ1v) is 8.43. The molecule has 134 valence electrons. The quantitative estimate of drug-likeness (QED) is 0.532. The zero-order valence-electron chi connectivity index (χ0n) is 14.3.